The number of benzene rings is 3. The van der Waals surface area contributed by atoms with Gasteiger partial charge in [0.05, 0.1) is 27.0 Å². The molecule has 2 atom stereocenters. The zero-order valence-corrected chi connectivity index (χ0v) is 19.8. The zero-order valence-electron chi connectivity index (χ0n) is 19.8. The molecule has 3 aromatic carbocycles. The maximum absolute atomic E-state index is 13.2. The molecule has 0 radical (unpaired) electrons. The van der Waals surface area contributed by atoms with Crippen LogP contribution in [-0.4, -0.2) is 51.0 Å². The molecule has 0 aliphatic rings. The lowest BCUT2D eigenvalue weighted by atomic mass is 9.80. The summed E-state index contributed by atoms with van der Waals surface area (Å²) in [5, 5.41) is 0. The molecule has 0 spiro atoms. The quantitative estimate of drug-likeness (QED) is 0.203. The van der Waals surface area contributed by atoms with E-state index in [1.807, 2.05) is 60.7 Å². The van der Waals surface area contributed by atoms with Gasteiger partial charge in [-0.3, -0.25) is 14.6 Å². The van der Waals surface area contributed by atoms with E-state index >= 15 is 0 Å². The van der Waals surface area contributed by atoms with E-state index in [-0.39, 0.29) is 0 Å². The topological polar surface area (TPSA) is 91.3 Å². The lowest BCUT2D eigenvalue weighted by Crippen LogP contribution is -2.41. The molecule has 35 heavy (non-hydrogen) atoms. The first-order valence-corrected chi connectivity index (χ1v) is 11.0. The number of hydrogen-bond donors (Lipinski definition) is 0. The number of aliphatic imine (C=N–C) groups is 1. The van der Waals surface area contributed by atoms with E-state index < -0.39 is 35.8 Å². The van der Waals surface area contributed by atoms with Crippen LogP contribution in [0.5, 0.6) is 0 Å². The molecule has 3 rings (SSSR count). The van der Waals surface area contributed by atoms with Crippen LogP contribution in [-0.2, 0) is 28.6 Å². The molecule has 0 aromatic heterocycles. The SMILES string of the molecule is COC(=O)C(C(=O)OC)[C@H](c1ccccc1)[C@H](N=C(c1ccccc1)c1ccccc1)C(=O)OC. The lowest BCUT2D eigenvalue weighted by Gasteiger charge is -2.28. The number of ether oxygens (including phenoxy) is 3. The largest absolute Gasteiger partial charge is 0.468 e. The molecule has 0 bridgehead atoms. The van der Waals surface area contributed by atoms with Crippen molar-refractivity contribution in [2.45, 2.75) is 12.0 Å². The second-order valence-electron chi connectivity index (χ2n) is 7.64. The molecule has 0 saturated carbocycles. The fourth-order valence-electron chi connectivity index (χ4n) is 3.92. The van der Waals surface area contributed by atoms with Gasteiger partial charge in [0.15, 0.2) is 12.0 Å². The molecule has 0 aliphatic carbocycles. The van der Waals surface area contributed by atoms with Crippen molar-refractivity contribution in [3.05, 3.63) is 108 Å². The summed E-state index contributed by atoms with van der Waals surface area (Å²) in [6, 6.07) is 26.2. The van der Waals surface area contributed by atoms with Gasteiger partial charge >= 0.3 is 17.9 Å². The van der Waals surface area contributed by atoms with Crippen LogP contribution < -0.4 is 0 Å². The molecule has 0 N–H and O–H groups in total. The van der Waals surface area contributed by atoms with Crippen LogP contribution in [0.1, 0.15) is 22.6 Å². The van der Waals surface area contributed by atoms with E-state index in [4.69, 9.17) is 19.2 Å². The van der Waals surface area contributed by atoms with Gasteiger partial charge in [0, 0.05) is 17.0 Å². The van der Waals surface area contributed by atoms with Gasteiger partial charge in [0.25, 0.3) is 0 Å². The molecular weight excluding hydrogens is 446 g/mol. The Kier molecular flexibility index (Phi) is 8.89. The second-order valence-corrected chi connectivity index (χ2v) is 7.64. The number of carbonyl (C=O) groups is 3. The van der Waals surface area contributed by atoms with Crippen LogP contribution >= 0.6 is 0 Å². The number of methoxy groups -OCH3 is 3. The third-order valence-electron chi connectivity index (χ3n) is 5.60. The summed E-state index contributed by atoms with van der Waals surface area (Å²) in [4.78, 5) is 43.8. The van der Waals surface area contributed by atoms with Crippen LogP contribution in [0, 0.1) is 5.92 Å². The summed E-state index contributed by atoms with van der Waals surface area (Å²) in [7, 11) is 3.59. The number of carbonyl (C=O) groups excluding carboxylic acids is 3. The molecule has 0 amide bonds. The third kappa shape index (κ3) is 6.00. The Labute approximate surface area is 204 Å². The fraction of sp³-hybridized carbons (Fsp3) is 0.214. The predicted octanol–water partition coefficient (Wildman–Crippen LogP) is 3.81. The van der Waals surface area contributed by atoms with Gasteiger partial charge in [0.1, 0.15) is 0 Å². The maximum Gasteiger partial charge on any atom is 0.331 e. The van der Waals surface area contributed by atoms with E-state index in [0.29, 0.717) is 11.3 Å². The Bertz CT molecular complexity index is 1100. The molecule has 0 aliphatic heterocycles. The van der Waals surface area contributed by atoms with Crippen LogP contribution in [0.4, 0.5) is 0 Å². The smallest absolute Gasteiger partial charge is 0.331 e. The summed E-state index contributed by atoms with van der Waals surface area (Å²) in [5.41, 5.74) is 2.56. The Balaban J connectivity index is 2.30. The highest BCUT2D eigenvalue weighted by Gasteiger charge is 2.45. The molecule has 7 nitrogen and oxygen atoms in total. The highest BCUT2D eigenvalue weighted by molar-refractivity contribution is 6.13. The lowest BCUT2D eigenvalue weighted by molar-refractivity contribution is -0.161. The molecule has 3 aromatic rings. The predicted molar refractivity (Wildman–Crippen MR) is 131 cm³/mol. The molecule has 0 fully saturated rings. The van der Waals surface area contributed by atoms with Crippen LogP contribution in [0.25, 0.3) is 0 Å². The van der Waals surface area contributed by atoms with Crippen LogP contribution in [0.15, 0.2) is 96.0 Å². The van der Waals surface area contributed by atoms with Gasteiger partial charge in [-0.05, 0) is 5.56 Å². The van der Waals surface area contributed by atoms with Gasteiger partial charge < -0.3 is 14.2 Å². The number of rotatable bonds is 9. The zero-order chi connectivity index (χ0) is 25.2. The average Bonchev–Trinajstić information content (AvgIpc) is 2.93. The van der Waals surface area contributed by atoms with Crippen molar-refractivity contribution in [3.63, 3.8) is 0 Å². The van der Waals surface area contributed by atoms with Crippen molar-refractivity contribution in [1.82, 2.24) is 0 Å². The van der Waals surface area contributed by atoms with Gasteiger partial charge in [-0.25, -0.2) is 4.79 Å². The highest BCUT2D eigenvalue weighted by atomic mass is 16.5. The summed E-state index contributed by atoms with van der Waals surface area (Å²) in [6.07, 6.45) is 0. The second kappa shape index (κ2) is 12.3. The molecule has 0 unspecified atom stereocenters. The summed E-state index contributed by atoms with van der Waals surface area (Å²) >= 11 is 0. The minimum absolute atomic E-state index is 0.510. The Hall–Kier alpha value is -4.26. The first kappa shape index (κ1) is 25.4. The van der Waals surface area contributed by atoms with Crippen molar-refractivity contribution in [2.75, 3.05) is 21.3 Å². The number of esters is 3. The summed E-state index contributed by atoms with van der Waals surface area (Å²) < 4.78 is 15.0. The van der Waals surface area contributed by atoms with Gasteiger partial charge in [-0.15, -0.1) is 0 Å². The van der Waals surface area contributed by atoms with Crippen molar-refractivity contribution < 1.29 is 28.6 Å². The van der Waals surface area contributed by atoms with E-state index in [2.05, 4.69) is 0 Å². The summed E-state index contributed by atoms with van der Waals surface area (Å²) in [5.74, 6) is -4.88. The molecule has 180 valence electrons. The van der Waals surface area contributed by atoms with Crippen molar-refractivity contribution in [2.24, 2.45) is 10.9 Å². The molecule has 7 heteroatoms. The van der Waals surface area contributed by atoms with Crippen LogP contribution in [0.3, 0.4) is 0 Å². The van der Waals surface area contributed by atoms with E-state index in [0.717, 1.165) is 11.1 Å². The minimum atomic E-state index is -1.45. The van der Waals surface area contributed by atoms with Gasteiger partial charge in [-0.2, -0.15) is 0 Å². The normalized spacial score (nSPS) is 12.2. The minimum Gasteiger partial charge on any atom is -0.468 e. The number of hydrogen-bond acceptors (Lipinski definition) is 7. The van der Waals surface area contributed by atoms with Crippen LogP contribution in [0.2, 0.25) is 0 Å². The average molecular weight is 474 g/mol. The Morgan fingerprint density at radius 1 is 0.600 bits per heavy atom. The van der Waals surface area contributed by atoms with E-state index in [1.165, 1.54) is 21.3 Å². The van der Waals surface area contributed by atoms with Crippen molar-refractivity contribution in [1.29, 1.82) is 0 Å². The molecule has 0 saturated heterocycles. The first-order chi connectivity index (χ1) is 17.0. The fourth-order valence-corrected chi connectivity index (χ4v) is 3.92. The van der Waals surface area contributed by atoms with Gasteiger partial charge in [-0.1, -0.05) is 91.0 Å². The van der Waals surface area contributed by atoms with E-state index in [1.54, 1.807) is 30.3 Å². The monoisotopic (exact) mass is 473 g/mol. The van der Waals surface area contributed by atoms with Gasteiger partial charge in [0.2, 0.25) is 0 Å². The third-order valence-corrected chi connectivity index (χ3v) is 5.60. The number of nitrogens with zero attached hydrogens (tertiary/aromatic N) is 1. The molecule has 0 heterocycles. The highest BCUT2D eigenvalue weighted by Crippen LogP contribution is 2.34. The Morgan fingerprint density at radius 2 is 1.00 bits per heavy atom. The van der Waals surface area contributed by atoms with E-state index in [9.17, 15) is 14.4 Å². The molecular formula is C28H27NO6. The standard InChI is InChI=1S/C28H27NO6/c1-33-26(30)23(27(31)34-2)22(19-13-7-4-8-14-19)25(28(32)35-3)29-24(20-15-9-5-10-16-20)21-17-11-6-12-18-21/h4-18,22-23,25H,1-3H3/t22-,25-/m0/s1. The Morgan fingerprint density at radius 3 is 1.40 bits per heavy atom. The maximum atomic E-state index is 13.2. The van der Waals surface area contributed by atoms with Crippen molar-refractivity contribution in [3.8, 4) is 0 Å². The summed E-state index contributed by atoms with van der Waals surface area (Å²) in [6.45, 7) is 0. The first-order valence-electron chi connectivity index (χ1n) is 11.0. The van der Waals surface area contributed by atoms with Crippen molar-refractivity contribution >= 4 is 23.6 Å².